The van der Waals surface area contributed by atoms with Gasteiger partial charge in [0.25, 0.3) is 0 Å². The highest BCUT2D eigenvalue weighted by molar-refractivity contribution is 8.76. The van der Waals surface area contributed by atoms with E-state index in [9.17, 15) is 19.2 Å². The third kappa shape index (κ3) is 31.8. The minimum Gasteiger partial charge on any atom is -0.447 e. The topological polar surface area (TPSA) is 231 Å². The van der Waals surface area contributed by atoms with Gasteiger partial charge in [0.1, 0.15) is 24.8 Å². The van der Waals surface area contributed by atoms with Crippen molar-refractivity contribution in [2.75, 3.05) is 159 Å². The van der Waals surface area contributed by atoms with Gasteiger partial charge in [-0.2, -0.15) is 0 Å². The Hall–Kier alpha value is -3.19. The Morgan fingerprint density at radius 3 is 1.48 bits per heavy atom. The fourth-order valence-corrected chi connectivity index (χ4v) is 6.06. The van der Waals surface area contributed by atoms with Crippen molar-refractivity contribution < 1.29 is 71.3 Å². The van der Waals surface area contributed by atoms with Crippen molar-refractivity contribution in [3.05, 3.63) is 24.4 Å². The van der Waals surface area contributed by atoms with E-state index in [2.05, 4.69) is 26.3 Å². The maximum Gasteiger partial charge on any atom is 0.407 e. The molecule has 0 aliphatic rings. The second kappa shape index (κ2) is 38.0. The third-order valence-electron chi connectivity index (χ3n) is 7.10. The number of hydrogen-bond acceptors (Lipinski definition) is 18. The molecule has 1 aromatic heterocycles. The van der Waals surface area contributed by atoms with E-state index in [4.69, 9.17) is 52.1 Å². The number of pyridine rings is 1. The van der Waals surface area contributed by atoms with Crippen molar-refractivity contribution in [2.24, 2.45) is 5.41 Å². The van der Waals surface area contributed by atoms with Crippen molar-refractivity contribution in [2.45, 2.75) is 17.9 Å². The van der Waals surface area contributed by atoms with Crippen LogP contribution in [0, 0.1) is 5.41 Å². The van der Waals surface area contributed by atoms with Crippen LogP contribution in [-0.4, -0.2) is 188 Å². The Balaban J connectivity index is 2.64. The average molecular weight is 870 g/mol. The Morgan fingerprint density at radius 1 is 0.569 bits per heavy atom. The summed E-state index contributed by atoms with van der Waals surface area (Å²) in [5.41, 5.74) is -0.894. The molecule has 0 unspecified atom stereocenters. The predicted molar refractivity (Wildman–Crippen MR) is 215 cm³/mol. The number of carbonyl (C=O) groups excluding carboxylic acids is 4. The van der Waals surface area contributed by atoms with Gasteiger partial charge in [0, 0.05) is 72.5 Å². The number of alkyl carbamates (subject to hydrolysis) is 3. The molecule has 4 N–H and O–H groups in total. The molecule has 0 atom stereocenters. The Morgan fingerprint density at radius 2 is 1.03 bits per heavy atom. The van der Waals surface area contributed by atoms with Gasteiger partial charge < -0.3 is 73.4 Å². The summed E-state index contributed by atoms with van der Waals surface area (Å²) in [6, 6.07) is 5.74. The molecule has 22 heteroatoms. The van der Waals surface area contributed by atoms with Gasteiger partial charge in [-0.15, -0.1) is 0 Å². The molecule has 0 fully saturated rings. The van der Waals surface area contributed by atoms with Crippen LogP contribution in [0.3, 0.4) is 0 Å². The fourth-order valence-electron chi connectivity index (χ4n) is 4.28. The van der Waals surface area contributed by atoms with Gasteiger partial charge in [-0.25, -0.2) is 19.4 Å². The number of amides is 4. The second-order valence-corrected chi connectivity index (χ2v) is 14.5. The first-order valence-electron chi connectivity index (χ1n) is 18.9. The number of nitrogens with one attached hydrogen (secondary N) is 4. The zero-order valence-corrected chi connectivity index (χ0v) is 35.6. The molecule has 0 aliphatic heterocycles. The first-order valence-corrected chi connectivity index (χ1v) is 21.2. The molecule has 1 rings (SSSR count). The first-order chi connectivity index (χ1) is 28.3. The minimum absolute atomic E-state index is 0.0224. The highest BCUT2D eigenvalue weighted by atomic mass is 33.1. The molecule has 0 saturated heterocycles. The molecule has 20 nitrogen and oxygen atoms in total. The number of aromatic nitrogens is 1. The minimum atomic E-state index is -0.894. The summed E-state index contributed by atoms with van der Waals surface area (Å²) in [5.74, 6) is 0.712. The monoisotopic (exact) mass is 869 g/mol. The van der Waals surface area contributed by atoms with E-state index in [1.807, 2.05) is 18.2 Å². The van der Waals surface area contributed by atoms with Gasteiger partial charge in [-0.05, 0) is 29.3 Å². The van der Waals surface area contributed by atoms with Crippen molar-refractivity contribution in [1.82, 2.24) is 26.3 Å². The van der Waals surface area contributed by atoms with Crippen LogP contribution in [0.1, 0.15) is 12.8 Å². The lowest BCUT2D eigenvalue weighted by Crippen LogP contribution is -2.43. The van der Waals surface area contributed by atoms with Crippen LogP contribution < -0.4 is 21.3 Å². The maximum atomic E-state index is 12.2. The lowest BCUT2D eigenvalue weighted by Gasteiger charge is -2.33. The zero-order chi connectivity index (χ0) is 42.2. The molecule has 1 heterocycles. The molecule has 0 bridgehead atoms. The van der Waals surface area contributed by atoms with Crippen LogP contribution >= 0.6 is 21.6 Å². The zero-order valence-electron chi connectivity index (χ0n) is 34.0. The van der Waals surface area contributed by atoms with E-state index in [1.165, 1.54) is 21.3 Å². The van der Waals surface area contributed by atoms with Crippen molar-refractivity contribution in [3.8, 4) is 0 Å². The van der Waals surface area contributed by atoms with Crippen LogP contribution in [0.15, 0.2) is 29.4 Å². The number of rotatable bonds is 38. The summed E-state index contributed by atoms with van der Waals surface area (Å²) in [6.07, 6.45) is 0.814. The SMILES string of the molecule is COCCNC(=O)OCCOCC(COCCOCCCC(=O)NCCSSc1ccccn1)(COCCOC(=O)NCCOC)COCCOC(=O)NCCOC. The number of methoxy groups -OCH3 is 3. The second-order valence-electron chi connectivity index (χ2n) is 12.0. The van der Waals surface area contributed by atoms with Gasteiger partial charge >= 0.3 is 18.3 Å². The molecule has 0 aliphatic carbocycles. The fraction of sp³-hybridized carbons (Fsp3) is 0.750. The molecular weight excluding hydrogens is 807 g/mol. The molecule has 58 heavy (non-hydrogen) atoms. The standard InChI is InChI=1S/C36H63N5O15S2/c1-46-15-10-39-33(43)54-23-20-51-28-36(29-52-21-24-55-34(44)40-11-16-47-2,30-53-22-25-56-35(45)41-12-17-48-3)27-50-19-18-49-14-6-7-31(42)37-13-26-57-58-32-8-4-5-9-38-32/h4-5,8-9H,6-7,10-30H2,1-3H3,(H,37,42)(H,39,43)(H,40,44)(H,41,45). The summed E-state index contributed by atoms with van der Waals surface area (Å²) in [7, 11) is 7.77. The molecule has 4 amide bonds. The number of ether oxygens (including phenoxy) is 11. The van der Waals surface area contributed by atoms with Gasteiger partial charge in [-0.3, -0.25) is 4.79 Å². The Kier molecular flexibility index (Phi) is 34.6. The normalized spacial score (nSPS) is 11.2. The summed E-state index contributed by atoms with van der Waals surface area (Å²) < 4.78 is 59.6. The van der Waals surface area contributed by atoms with E-state index in [0.717, 1.165) is 10.8 Å². The van der Waals surface area contributed by atoms with Crippen LogP contribution in [0.2, 0.25) is 0 Å². The van der Waals surface area contributed by atoms with E-state index in [0.29, 0.717) is 65.4 Å². The van der Waals surface area contributed by atoms with Crippen molar-refractivity contribution >= 4 is 45.8 Å². The summed E-state index contributed by atoms with van der Waals surface area (Å²) >= 11 is 0. The van der Waals surface area contributed by atoms with Crippen LogP contribution in [0.4, 0.5) is 14.4 Å². The summed E-state index contributed by atoms with van der Waals surface area (Å²) in [5, 5.41) is 11.5. The van der Waals surface area contributed by atoms with Gasteiger partial charge in [0.15, 0.2) is 0 Å². The van der Waals surface area contributed by atoms with Gasteiger partial charge in [-0.1, -0.05) is 16.9 Å². The Labute approximate surface area is 349 Å². The van der Waals surface area contributed by atoms with Crippen molar-refractivity contribution in [3.63, 3.8) is 0 Å². The van der Waals surface area contributed by atoms with Crippen LogP contribution in [-0.2, 0) is 56.9 Å². The van der Waals surface area contributed by atoms with Crippen LogP contribution in [0.25, 0.3) is 0 Å². The largest absolute Gasteiger partial charge is 0.447 e. The molecule has 0 aromatic carbocycles. The number of carbonyl (C=O) groups is 4. The van der Waals surface area contributed by atoms with Crippen molar-refractivity contribution in [1.29, 1.82) is 0 Å². The third-order valence-corrected chi connectivity index (χ3v) is 9.36. The molecule has 0 saturated carbocycles. The van der Waals surface area contributed by atoms with Gasteiger partial charge in [0.2, 0.25) is 5.91 Å². The van der Waals surface area contributed by atoms with E-state index in [-0.39, 0.29) is 85.2 Å². The highest BCUT2D eigenvalue weighted by Gasteiger charge is 2.33. The molecule has 1 aromatic rings. The van der Waals surface area contributed by atoms with E-state index in [1.54, 1.807) is 27.8 Å². The first kappa shape index (κ1) is 52.8. The number of nitrogens with zero attached hydrogens (tertiary/aromatic N) is 1. The summed E-state index contributed by atoms with van der Waals surface area (Å²) in [6.45, 7) is 3.77. The lowest BCUT2D eigenvalue weighted by atomic mass is 9.92. The smallest absolute Gasteiger partial charge is 0.407 e. The van der Waals surface area contributed by atoms with Crippen LogP contribution in [0.5, 0.6) is 0 Å². The van der Waals surface area contributed by atoms with E-state index < -0.39 is 23.7 Å². The highest BCUT2D eigenvalue weighted by Crippen LogP contribution is 2.28. The molecule has 0 radical (unpaired) electrons. The molecule has 0 spiro atoms. The predicted octanol–water partition coefficient (Wildman–Crippen LogP) is 1.91. The van der Waals surface area contributed by atoms with Gasteiger partial charge in [0.05, 0.1) is 84.7 Å². The molecule has 334 valence electrons. The summed E-state index contributed by atoms with van der Waals surface area (Å²) in [4.78, 5) is 52.2. The maximum absolute atomic E-state index is 12.2. The lowest BCUT2D eigenvalue weighted by molar-refractivity contribution is -0.121. The Bertz CT molecular complexity index is 1100. The average Bonchev–Trinajstić information content (AvgIpc) is 3.22. The van der Waals surface area contributed by atoms with E-state index >= 15 is 0 Å². The molecular formula is C36H63N5O15S2. The number of hydrogen-bond donors (Lipinski definition) is 4. The quantitative estimate of drug-likeness (QED) is 0.0423.